The quantitative estimate of drug-likeness (QED) is 0.0484. The van der Waals surface area contributed by atoms with Gasteiger partial charge in [-0.3, -0.25) is 69.2 Å². The van der Waals surface area contributed by atoms with E-state index in [-0.39, 0.29) is 23.3 Å². The van der Waals surface area contributed by atoms with E-state index in [9.17, 15) is 79.4 Å². The monoisotopic (exact) mass is 826 g/mol. The number of nitro groups is 4. The molecule has 0 bridgehead atoms. The van der Waals surface area contributed by atoms with E-state index in [0.717, 1.165) is 5.57 Å². The van der Waals surface area contributed by atoms with Crippen molar-refractivity contribution in [2.45, 2.75) is 76.7 Å². The molecular weight excluding hydrogens is 788 g/mol. The first-order valence-electron chi connectivity index (χ1n) is 17.0. The summed E-state index contributed by atoms with van der Waals surface area (Å²) in [5, 5.41) is 62.8. The number of hydrogen-bond donors (Lipinski definition) is 2. The fourth-order valence-corrected chi connectivity index (χ4v) is 4.95. The van der Waals surface area contributed by atoms with Crippen molar-refractivity contribution in [2.24, 2.45) is 0 Å². The fraction of sp³-hybridized carbons (Fsp3) is 0.515. The number of rotatable bonds is 19. The van der Waals surface area contributed by atoms with E-state index in [2.05, 4.69) is 0 Å². The molecule has 0 spiro atoms. The van der Waals surface area contributed by atoms with Gasteiger partial charge in [-0.05, 0) is 20.3 Å². The number of aliphatic hydroxyl groups excluding tert-OH is 2. The summed E-state index contributed by atoms with van der Waals surface area (Å²) in [6.07, 6.45) is -11.1. The lowest BCUT2D eigenvalue weighted by atomic mass is 9.87. The zero-order valence-electron chi connectivity index (χ0n) is 30.8. The molecule has 1 aliphatic carbocycles. The summed E-state index contributed by atoms with van der Waals surface area (Å²) in [6.45, 7) is -0.652. The Labute approximate surface area is 326 Å². The fourth-order valence-electron chi connectivity index (χ4n) is 4.95. The summed E-state index contributed by atoms with van der Waals surface area (Å²) in [4.78, 5) is 111. The normalized spacial score (nSPS) is 19.6. The zero-order valence-corrected chi connectivity index (χ0v) is 30.8. The van der Waals surface area contributed by atoms with Gasteiger partial charge in [0.25, 0.3) is 0 Å². The average Bonchev–Trinajstić information content (AvgIpc) is 3.15. The highest BCUT2D eigenvalue weighted by Crippen LogP contribution is 2.30. The van der Waals surface area contributed by atoms with Crippen LogP contribution in [-0.2, 0) is 47.7 Å². The van der Waals surface area contributed by atoms with Gasteiger partial charge in [0, 0.05) is 36.4 Å². The molecule has 2 aliphatic rings. The maximum Gasteiger partial charge on any atom is 0.313 e. The number of fused-ring (bicyclic) bond motifs is 1. The predicted octanol–water partition coefficient (Wildman–Crippen LogP) is 0.727. The molecule has 58 heavy (non-hydrogen) atoms. The van der Waals surface area contributed by atoms with Crippen LogP contribution in [0.2, 0.25) is 0 Å². The number of ether oxygens (including phenoxy) is 5. The Balaban J connectivity index is 0.000000530. The van der Waals surface area contributed by atoms with E-state index >= 15 is 0 Å². The van der Waals surface area contributed by atoms with Gasteiger partial charge in [-0.15, -0.1) is 0 Å². The Morgan fingerprint density at radius 2 is 1.12 bits per heavy atom. The molecule has 1 aromatic carbocycles. The van der Waals surface area contributed by atoms with E-state index in [1.165, 1.54) is 0 Å². The van der Waals surface area contributed by atoms with E-state index in [1.54, 1.807) is 24.3 Å². The van der Waals surface area contributed by atoms with Crippen LogP contribution in [0.3, 0.4) is 0 Å². The lowest BCUT2D eigenvalue weighted by Crippen LogP contribution is -2.62. The molecule has 2 N–H and O–H groups in total. The van der Waals surface area contributed by atoms with Crippen molar-refractivity contribution < 1.29 is 82.4 Å². The lowest BCUT2D eigenvalue weighted by Gasteiger charge is -2.42. The average molecular weight is 827 g/mol. The van der Waals surface area contributed by atoms with E-state index in [1.807, 2.05) is 19.9 Å². The number of benzene rings is 1. The van der Waals surface area contributed by atoms with Crippen molar-refractivity contribution in [3.8, 4) is 0 Å². The van der Waals surface area contributed by atoms with Crippen LogP contribution < -0.4 is 0 Å². The highest BCUT2D eigenvalue weighted by Gasteiger charge is 2.52. The Bertz CT molecular complexity index is 1840. The van der Waals surface area contributed by atoms with Gasteiger partial charge in [-0.25, -0.2) is 0 Å². The third-order valence-corrected chi connectivity index (χ3v) is 7.72. The minimum absolute atomic E-state index is 0.0762. The minimum atomic E-state index is -2.22. The number of esters is 4. The number of hydrogen-bond acceptors (Lipinski definition) is 21. The van der Waals surface area contributed by atoms with Crippen molar-refractivity contribution in [3.05, 3.63) is 93.1 Å². The smallest absolute Gasteiger partial charge is 0.313 e. The minimum Gasteiger partial charge on any atom is -0.507 e. The van der Waals surface area contributed by atoms with Crippen LogP contribution in [0.1, 0.15) is 61.9 Å². The SMILES string of the molecule is CC(C)=CCC1=C(O)c2ccccc2C(=O)C1=O.O=C(CC[N+](=O)[O-])OCC1OC(O)C(OC(=O)CC[N+](=O)[O-])C(OC(=O)CC[N+](=O)[O-])C1OC(=O)CC[N+](=O)[O-]. The number of allylic oxidation sites excluding steroid dienone is 3. The van der Waals surface area contributed by atoms with Crippen LogP contribution in [0.25, 0.3) is 5.76 Å². The van der Waals surface area contributed by atoms with Crippen molar-refractivity contribution >= 4 is 41.2 Å². The third-order valence-electron chi connectivity index (χ3n) is 7.72. The molecule has 25 nitrogen and oxygen atoms in total. The molecule has 0 saturated carbocycles. The molecule has 1 heterocycles. The van der Waals surface area contributed by atoms with Crippen molar-refractivity contribution in [1.29, 1.82) is 0 Å². The van der Waals surface area contributed by atoms with Crippen LogP contribution in [0.5, 0.6) is 0 Å². The number of carbonyl (C=O) groups is 6. The topological polar surface area (TPSA) is 362 Å². The van der Waals surface area contributed by atoms with Crippen LogP contribution >= 0.6 is 0 Å². The number of nitrogens with zero attached hydrogens (tertiary/aromatic N) is 4. The summed E-state index contributed by atoms with van der Waals surface area (Å²) in [5.41, 5.74) is 1.94. The van der Waals surface area contributed by atoms with Crippen LogP contribution in [-0.4, -0.2) is 129 Å². The van der Waals surface area contributed by atoms with Crippen molar-refractivity contribution in [3.63, 3.8) is 0 Å². The van der Waals surface area contributed by atoms with Gasteiger partial charge in [0.05, 0.1) is 0 Å². The van der Waals surface area contributed by atoms with Crippen LogP contribution in [0.15, 0.2) is 41.5 Å². The number of ketones is 2. The van der Waals surface area contributed by atoms with Gasteiger partial charge >= 0.3 is 23.9 Å². The zero-order chi connectivity index (χ0) is 43.7. The van der Waals surface area contributed by atoms with Gasteiger partial charge < -0.3 is 33.9 Å². The summed E-state index contributed by atoms with van der Waals surface area (Å²) in [5.74, 6) is -6.29. The number of carbonyl (C=O) groups excluding carboxylic acids is 6. The first kappa shape index (κ1) is 47.4. The maximum absolute atomic E-state index is 12.3. The van der Waals surface area contributed by atoms with Crippen molar-refractivity contribution in [2.75, 3.05) is 32.8 Å². The Morgan fingerprint density at radius 1 is 0.690 bits per heavy atom. The molecule has 316 valence electrons. The largest absolute Gasteiger partial charge is 0.507 e. The van der Waals surface area contributed by atoms with Gasteiger partial charge in [0.1, 0.15) is 44.2 Å². The second-order valence-corrected chi connectivity index (χ2v) is 12.4. The maximum atomic E-state index is 12.3. The number of aliphatic hydroxyl groups is 2. The van der Waals surface area contributed by atoms with Gasteiger partial charge in [-0.1, -0.05) is 35.9 Å². The van der Waals surface area contributed by atoms with E-state index < -0.39 is 144 Å². The molecule has 1 saturated heterocycles. The molecule has 1 aliphatic heterocycles. The molecule has 3 rings (SSSR count). The molecule has 5 atom stereocenters. The molecule has 25 heteroatoms. The standard InChI is InChI=1S/C18H24N4O18.C15H14O3/c23-11(1-5-19(28)29)36-9-10-15(38-12(24)2-6-20(30)31)16(39-13(25)3-7-21(32)33)17(18(27)37-10)40-14(26)4-8-22(34)35;1-9(2)7-8-12-13(16)10-5-3-4-6-11(10)14(17)15(12)18/h10,15-18,27H,1-9H2;3-7,16H,8H2,1-2H3. The second kappa shape index (κ2) is 22.7. The molecule has 0 radical (unpaired) electrons. The second-order valence-electron chi connectivity index (χ2n) is 12.4. The summed E-state index contributed by atoms with van der Waals surface area (Å²) in [7, 11) is 0. The third kappa shape index (κ3) is 15.4. The van der Waals surface area contributed by atoms with Crippen LogP contribution in [0, 0.1) is 40.5 Å². The van der Waals surface area contributed by atoms with Crippen LogP contribution in [0.4, 0.5) is 0 Å². The van der Waals surface area contributed by atoms with Crippen molar-refractivity contribution in [1.82, 2.24) is 0 Å². The summed E-state index contributed by atoms with van der Waals surface area (Å²) in [6, 6.07) is 6.62. The van der Waals surface area contributed by atoms with Gasteiger partial charge in [0.15, 0.2) is 24.6 Å². The van der Waals surface area contributed by atoms with E-state index in [4.69, 9.17) is 23.7 Å². The first-order valence-corrected chi connectivity index (χ1v) is 17.0. The first-order chi connectivity index (χ1) is 27.2. The van der Waals surface area contributed by atoms with Gasteiger partial charge in [0.2, 0.25) is 37.7 Å². The van der Waals surface area contributed by atoms with E-state index in [0.29, 0.717) is 5.56 Å². The molecule has 5 unspecified atom stereocenters. The molecule has 0 amide bonds. The Hall–Kier alpha value is -6.76. The highest BCUT2D eigenvalue weighted by molar-refractivity contribution is 6.52. The lowest BCUT2D eigenvalue weighted by molar-refractivity contribution is -0.479. The molecular formula is C33H38N4O21. The number of Topliss-reactive ketones (excluding diaryl/α,β-unsaturated/α-hetero) is 2. The predicted molar refractivity (Wildman–Crippen MR) is 187 cm³/mol. The Morgan fingerprint density at radius 3 is 1.59 bits per heavy atom. The highest BCUT2D eigenvalue weighted by atomic mass is 16.7. The molecule has 1 aromatic rings. The summed E-state index contributed by atoms with van der Waals surface area (Å²) >= 11 is 0. The summed E-state index contributed by atoms with van der Waals surface area (Å²) < 4.78 is 25.1. The Kier molecular flexibility index (Phi) is 18.6. The molecule has 1 fully saturated rings. The van der Waals surface area contributed by atoms with Gasteiger partial charge in [-0.2, -0.15) is 0 Å². The molecule has 0 aromatic heterocycles.